The molecule has 0 fully saturated rings. The van der Waals surface area contributed by atoms with Crippen molar-refractivity contribution in [3.8, 4) is 28.6 Å². The molecule has 0 spiro atoms. The van der Waals surface area contributed by atoms with Gasteiger partial charge >= 0.3 is 12.8 Å². The summed E-state index contributed by atoms with van der Waals surface area (Å²) in [6.07, 6.45) is -3.83. The van der Waals surface area contributed by atoms with Gasteiger partial charge in [-0.1, -0.05) is 0 Å². The van der Waals surface area contributed by atoms with Crippen LogP contribution in [0.15, 0.2) is 65.6 Å². The number of carbonyl (C=O) groups is 1. The summed E-state index contributed by atoms with van der Waals surface area (Å²) in [5, 5.41) is 2.35. The van der Waals surface area contributed by atoms with Crippen LogP contribution in [0.5, 0.6) is 11.5 Å². The van der Waals surface area contributed by atoms with E-state index in [4.69, 9.17) is 4.74 Å². The van der Waals surface area contributed by atoms with Gasteiger partial charge in [-0.15, -0.1) is 0 Å². The average Bonchev–Trinajstić information content (AvgIpc) is 3.12. The summed E-state index contributed by atoms with van der Waals surface area (Å²) in [5.41, 5.74) is -3.03. The molecule has 8 nitrogen and oxygen atoms in total. The van der Waals surface area contributed by atoms with Crippen LogP contribution in [0.3, 0.4) is 0 Å². The van der Waals surface area contributed by atoms with Gasteiger partial charge in [0, 0.05) is 24.4 Å². The van der Waals surface area contributed by atoms with Crippen molar-refractivity contribution < 1.29 is 40.6 Å². The third-order valence-electron chi connectivity index (χ3n) is 5.56. The monoisotopic (exact) mass is 552 g/mol. The minimum atomic E-state index is -4.88. The second kappa shape index (κ2) is 10.6. The summed E-state index contributed by atoms with van der Waals surface area (Å²) in [4.78, 5) is 30.2. The topological polar surface area (TPSA) is 87.4 Å². The lowest BCUT2D eigenvalue weighted by Crippen LogP contribution is -2.26. The van der Waals surface area contributed by atoms with Crippen LogP contribution in [-0.4, -0.2) is 34.0 Å². The number of amides is 1. The number of ether oxygens (including phenoxy) is 2. The molecule has 0 unspecified atom stereocenters. The molecule has 1 N–H and O–H groups in total. The van der Waals surface area contributed by atoms with E-state index in [1.807, 2.05) is 0 Å². The second-order valence-electron chi connectivity index (χ2n) is 7.94. The average molecular weight is 552 g/mol. The third kappa shape index (κ3) is 5.44. The molecule has 1 amide bonds. The van der Waals surface area contributed by atoms with E-state index in [0.29, 0.717) is 4.68 Å². The van der Waals surface area contributed by atoms with Crippen LogP contribution in [0.25, 0.3) is 17.1 Å². The molecule has 0 saturated heterocycles. The standard InChI is InChI=1S/C25H18F6N4O4/c1-34-20(14-7-10-18(38-2)17(26)12-14)19(33-22(36)13-5-8-15(9-6-13)39-24(27)28)23(37)35(34)21-16(25(29,30)31)4-3-11-32-21/h3-12,24H,1-2H3,(H,33,36). The first-order valence-electron chi connectivity index (χ1n) is 11.0. The van der Waals surface area contributed by atoms with Crippen molar-refractivity contribution in [3.63, 3.8) is 0 Å². The van der Waals surface area contributed by atoms with Crippen molar-refractivity contribution in [1.29, 1.82) is 0 Å². The molecule has 0 aliphatic heterocycles. The maximum atomic E-state index is 14.6. The Kier molecular flexibility index (Phi) is 7.38. The van der Waals surface area contributed by atoms with E-state index in [2.05, 4.69) is 15.0 Å². The predicted molar refractivity (Wildman–Crippen MR) is 127 cm³/mol. The third-order valence-corrected chi connectivity index (χ3v) is 5.56. The van der Waals surface area contributed by atoms with Crippen LogP contribution in [0.2, 0.25) is 0 Å². The van der Waals surface area contributed by atoms with Crippen molar-refractivity contribution in [1.82, 2.24) is 14.3 Å². The van der Waals surface area contributed by atoms with Gasteiger partial charge in [0.05, 0.1) is 12.8 Å². The van der Waals surface area contributed by atoms with Gasteiger partial charge < -0.3 is 14.8 Å². The number of hydrogen-bond acceptors (Lipinski definition) is 5. The molecular formula is C25H18F6N4O4. The largest absolute Gasteiger partial charge is 0.494 e. The van der Waals surface area contributed by atoms with Crippen molar-refractivity contribution in [2.75, 3.05) is 12.4 Å². The lowest BCUT2D eigenvalue weighted by molar-refractivity contribution is -0.137. The summed E-state index contributed by atoms with van der Waals surface area (Å²) in [6, 6.07) is 9.80. The number of pyridine rings is 1. The van der Waals surface area contributed by atoms with Gasteiger partial charge in [0.2, 0.25) is 0 Å². The number of halogens is 6. The van der Waals surface area contributed by atoms with Crippen LogP contribution >= 0.6 is 0 Å². The first kappa shape index (κ1) is 27.3. The number of hydrogen-bond donors (Lipinski definition) is 1. The maximum Gasteiger partial charge on any atom is 0.420 e. The Balaban J connectivity index is 1.88. The number of aromatic nitrogens is 3. The summed E-state index contributed by atoms with van der Waals surface area (Å²) in [6.45, 7) is -3.09. The number of methoxy groups -OCH3 is 1. The van der Waals surface area contributed by atoms with Gasteiger partial charge in [-0.2, -0.15) is 26.6 Å². The number of nitrogens with one attached hydrogen (secondary N) is 1. The Morgan fingerprint density at radius 2 is 1.77 bits per heavy atom. The van der Waals surface area contributed by atoms with E-state index in [-0.39, 0.29) is 28.3 Å². The fourth-order valence-electron chi connectivity index (χ4n) is 3.86. The van der Waals surface area contributed by atoms with Crippen LogP contribution in [0.1, 0.15) is 15.9 Å². The molecule has 0 bridgehead atoms. The molecule has 39 heavy (non-hydrogen) atoms. The molecule has 0 aliphatic rings. The highest BCUT2D eigenvalue weighted by Crippen LogP contribution is 2.35. The minimum Gasteiger partial charge on any atom is -0.494 e. The Morgan fingerprint density at radius 3 is 2.36 bits per heavy atom. The van der Waals surface area contributed by atoms with Crippen molar-refractivity contribution in [2.45, 2.75) is 12.8 Å². The summed E-state index contributed by atoms with van der Waals surface area (Å²) >= 11 is 0. The smallest absolute Gasteiger partial charge is 0.420 e. The zero-order chi connectivity index (χ0) is 28.5. The normalized spacial score (nSPS) is 11.5. The van der Waals surface area contributed by atoms with Crippen molar-refractivity contribution >= 4 is 11.6 Å². The summed E-state index contributed by atoms with van der Waals surface area (Å²) in [5.74, 6) is -2.88. The molecule has 2 heterocycles. The Labute approximate surface area is 216 Å². The number of carbonyl (C=O) groups excluding carboxylic acids is 1. The van der Waals surface area contributed by atoms with Gasteiger partial charge in [0.25, 0.3) is 11.5 Å². The zero-order valence-corrected chi connectivity index (χ0v) is 20.1. The molecule has 0 radical (unpaired) electrons. The van der Waals surface area contributed by atoms with Gasteiger partial charge in [0.15, 0.2) is 17.4 Å². The molecule has 0 saturated carbocycles. The lowest BCUT2D eigenvalue weighted by atomic mass is 10.1. The number of benzene rings is 2. The first-order chi connectivity index (χ1) is 18.4. The molecular weight excluding hydrogens is 534 g/mol. The lowest BCUT2D eigenvalue weighted by Gasteiger charge is -2.15. The fourth-order valence-corrected chi connectivity index (χ4v) is 3.86. The van der Waals surface area contributed by atoms with E-state index in [9.17, 15) is 35.9 Å². The summed E-state index contributed by atoms with van der Waals surface area (Å²) < 4.78 is 91.4. The number of alkyl halides is 5. The van der Waals surface area contributed by atoms with Gasteiger partial charge in [-0.3, -0.25) is 14.3 Å². The quantitative estimate of drug-likeness (QED) is 0.316. The van der Waals surface area contributed by atoms with Crippen LogP contribution in [0, 0.1) is 5.82 Å². The van der Waals surface area contributed by atoms with Crippen LogP contribution in [0.4, 0.5) is 32.0 Å². The highest BCUT2D eigenvalue weighted by molar-refractivity contribution is 6.06. The van der Waals surface area contributed by atoms with Gasteiger partial charge in [-0.05, 0) is 54.6 Å². The summed E-state index contributed by atoms with van der Waals surface area (Å²) in [7, 11) is 2.47. The van der Waals surface area contributed by atoms with Gasteiger partial charge in [0.1, 0.15) is 17.0 Å². The molecule has 4 rings (SSSR count). The molecule has 0 atom stereocenters. The van der Waals surface area contributed by atoms with E-state index < -0.39 is 47.1 Å². The Morgan fingerprint density at radius 1 is 1.08 bits per heavy atom. The maximum absolute atomic E-state index is 14.6. The molecule has 4 aromatic rings. The van der Waals surface area contributed by atoms with E-state index >= 15 is 0 Å². The molecule has 14 heteroatoms. The van der Waals surface area contributed by atoms with E-state index in [1.165, 1.54) is 26.3 Å². The predicted octanol–water partition coefficient (Wildman–Crippen LogP) is 5.26. The van der Waals surface area contributed by atoms with E-state index in [0.717, 1.165) is 53.3 Å². The zero-order valence-electron chi connectivity index (χ0n) is 20.1. The number of nitrogens with zero attached hydrogens (tertiary/aromatic N) is 3. The SMILES string of the molecule is COc1ccc(-c2c(NC(=O)c3ccc(OC(F)F)cc3)c(=O)n(-c3ncccc3C(F)(F)F)n2C)cc1F. The fraction of sp³-hybridized carbons (Fsp3) is 0.160. The number of anilines is 1. The molecule has 204 valence electrons. The van der Waals surface area contributed by atoms with Crippen molar-refractivity contribution in [3.05, 3.63) is 88.1 Å². The highest BCUT2D eigenvalue weighted by atomic mass is 19.4. The first-order valence-corrected chi connectivity index (χ1v) is 11.0. The Bertz CT molecular complexity index is 1580. The van der Waals surface area contributed by atoms with Crippen LogP contribution in [-0.2, 0) is 13.2 Å². The number of rotatable bonds is 7. The molecule has 2 aromatic heterocycles. The van der Waals surface area contributed by atoms with E-state index in [1.54, 1.807) is 0 Å². The molecule has 2 aromatic carbocycles. The minimum absolute atomic E-state index is 0.0205. The molecule has 0 aliphatic carbocycles. The van der Waals surface area contributed by atoms with Crippen LogP contribution < -0.4 is 20.3 Å². The van der Waals surface area contributed by atoms with Gasteiger partial charge in [-0.25, -0.2) is 9.37 Å². The second-order valence-corrected chi connectivity index (χ2v) is 7.94. The Hall–Kier alpha value is -4.75. The highest BCUT2D eigenvalue weighted by Gasteiger charge is 2.36. The van der Waals surface area contributed by atoms with Crippen molar-refractivity contribution in [2.24, 2.45) is 7.05 Å².